The molecule has 108 valence electrons. The number of sulfonamides is 1. The Morgan fingerprint density at radius 2 is 2.05 bits per heavy atom. The highest BCUT2D eigenvalue weighted by Gasteiger charge is 2.17. The molecule has 6 nitrogen and oxygen atoms in total. The van der Waals surface area contributed by atoms with Gasteiger partial charge in [0, 0.05) is 27.2 Å². The summed E-state index contributed by atoms with van der Waals surface area (Å²) in [5.74, 6) is 0. The molecule has 0 spiro atoms. The van der Waals surface area contributed by atoms with Gasteiger partial charge in [0.05, 0.1) is 22.9 Å². The number of nitrogens with two attached hydrogens (primary N) is 1. The monoisotopic (exact) mass is 287 g/mol. The molecule has 0 radical (unpaired) electrons. The van der Waals surface area contributed by atoms with Gasteiger partial charge in [-0.15, -0.1) is 0 Å². The molecule has 0 aliphatic carbocycles. The molecular formula is C12H21N3O3S. The quantitative estimate of drug-likeness (QED) is 0.576. The van der Waals surface area contributed by atoms with Gasteiger partial charge in [-0.3, -0.25) is 0 Å². The summed E-state index contributed by atoms with van der Waals surface area (Å²) in [7, 11) is -0.473. The molecule has 0 fully saturated rings. The highest BCUT2D eigenvalue weighted by atomic mass is 32.2. The van der Waals surface area contributed by atoms with Crippen LogP contribution in [-0.2, 0) is 14.8 Å². The van der Waals surface area contributed by atoms with Crippen LogP contribution < -0.4 is 11.1 Å². The first-order valence-electron chi connectivity index (χ1n) is 6.03. The number of anilines is 2. The molecule has 0 heterocycles. The van der Waals surface area contributed by atoms with Crippen LogP contribution in [0.25, 0.3) is 0 Å². The van der Waals surface area contributed by atoms with E-state index in [1.807, 2.05) is 6.92 Å². The lowest BCUT2D eigenvalue weighted by Crippen LogP contribution is -2.22. The fourth-order valence-electron chi connectivity index (χ4n) is 1.48. The van der Waals surface area contributed by atoms with Gasteiger partial charge in [0.15, 0.2) is 0 Å². The second-order valence-corrected chi connectivity index (χ2v) is 6.31. The summed E-state index contributed by atoms with van der Waals surface area (Å²) in [6.45, 7) is 3.79. The lowest BCUT2D eigenvalue weighted by atomic mass is 10.2. The number of nitrogens with one attached hydrogen (secondary N) is 1. The van der Waals surface area contributed by atoms with E-state index in [1.165, 1.54) is 26.2 Å². The number of benzene rings is 1. The second-order valence-electron chi connectivity index (χ2n) is 4.16. The van der Waals surface area contributed by atoms with Gasteiger partial charge < -0.3 is 15.8 Å². The van der Waals surface area contributed by atoms with Crippen LogP contribution in [0.3, 0.4) is 0 Å². The average molecular weight is 287 g/mol. The first-order chi connectivity index (χ1) is 8.89. The van der Waals surface area contributed by atoms with Crippen molar-refractivity contribution in [2.75, 3.05) is 44.9 Å². The van der Waals surface area contributed by atoms with E-state index < -0.39 is 10.0 Å². The van der Waals surface area contributed by atoms with Crippen molar-refractivity contribution in [3.05, 3.63) is 18.2 Å². The van der Waals surface area contributed by atoms with Crippen LogP contribution in [0.2, 0.25) is 0 Å². The lowest BCUT2D eigenvalue weighted by Gasteiger charge is -2.14. The van der Waals surface area contributed by atoms with Crippen LogP contribution in [0.15, 0.2) is 23.1 Å². The Morgan fingerprint density at radius 1 is 1.37 bits per heavy atom. The number of hydrogen-bond donors (Lipinski definition) is 2. The zero-order valence-electron chi connectivity index (χ0n) is 11.5. The third-order valence-electron chi connectivity index (χ3n) is 2.57. The summed E-state index contributed by atoms with van der Waals surface area (Å²) in [4.78, 5) is 0.186. The number of nitrogens with zero attached hydrogens (tertiary/aromatic N) is 1. The smallest absolute Gasteiger partial charge is 0.242 e. The maximum atomic E-state index is 11.9. The van der Waals surface area contributed by atoms with E-state index in [9.17, 15) is 8.42 Å². The largest absolute Gasteiger partial charge is 0.397 e. The molecule has 0 aliphatic heterocycles. The van der Waals surface area contributed by atoms with Crippen molar-refractivity contribution in [2.24, 2.45) is 0 Å². The predicted molar refractivity (Wildman–Crippen MR) is 76.7 cm³/mol. The van der Waals surface area contributed by atoms with Crippen LogP contribution in [0.1, 0.15) is 6.92 Å². The lowest BCUT2D eigenvalue weighted by molar-refractivity contribution is 0.158. The van der Waals surface area contributed by atoms with Crippen molar-refractivity contribution >= 4 is 21.4 Å². The molecule has 0 aliphatic rings. The van der Waals surface area contributed by atoms with Crippen LogP contribution in [0.4, 0.5) is 11.4 Å². The molecule has 7 heteroatoms. The van der Waals surface area contributed by atoms with E-state index in [4.69, 9.17) is 10.5 Å². The summed E-state index contributed by atoms with van der Waals surface area (Å²) >= 11 is 0. The van der Waals surface area contributed by atoms with Crippen LogP contribution >= 0.6 is 0 Å². The highest BCUT2D eigenvalue weighted by Crippen LogP contribution is 2.23. The van der Waals surface area contributed by atoms with Crippen LogP contribution in [-0.4, -0.2) is 46.6 Å². The van der Waals surface area contributed by atoms with Crippen molar-refractivity contribution in [1.29, 1.82) is 0 Å². The summed E-state index contributed by atoms with van der Waals surface area (Å²) in [5, 5.41) is 3.10. The van der Waals surface area contributed by atoms with Crippen molar-refractivity contribution in [3.63, 3.8) is 0 Å². The maximum Gasteiger partial charge on any atom is 0.242 e. The summed E-state index contributed by atoms with van der Waals surface area (Å²) in [6, 6.07) is 4.66. The molecule has 19 heavy (non-hydrogen) atoms. The molecule has 0 unspecified atom stereocenters. The fourth-order valence-corrected chi connectivity index (χ4v) is 2.41. The first-order valence-corrected chi connectivity index (χ1v) is 7.47. The zero-order valence-corrected chi connectivity index (χ0v) is 12.3. The summed E-state index contributed by atoms with van der Waals surface area (Å²) < 4.78 is 30.2. The van der Waals surface area contributed by atoms with E-state index in [1.54, 1.807) is 6.07 Å². The number of nitrogen functional groups attached to an aromatic ring is 1. The molecule has 0 bridgehead atoms. The van der Waals surface area contributed by atoms with E-state index in [0.29, 0.717) is 31.1 Å². The number of hydrogen-bond acceptors (Lipinski definition) is 5. The van der Waals surface area contributed by atoms with Crippen molar-refractivity contribution in [2.45, 2.75) is 11.8 Å². The fraction of sp³-hybridized carbons (Fsp3) is 0.500. The maximum absolute atomic E-state index is 11.9. The van der Waals surface area contributed by atoms with Crippen molar-refractivity contribution in [1.82, 2.24) is 4.31 Å². The van der Waals surface area contributed by atoms with E-state index >= 15 is 0 Å². The predicted octanol–water partition coefficient (Wildman–Crippen LogP) is 0.968. The van der Waals surface area contributed by atoms with Gasteiger partial charge in [-0.2, -0.15) is 0 Å². The normalized spacial score (nSPS) is 11.8. The van der Waals surface area contributed by atoms with Crippen molar-refractivity contribution in [3.8, 4) is 0 Å². The minimum Gasteiger partial charge on any atom is -0.397 e. The summed E-state index contributed by atoms with van der Waals surface area (Å²) in [6.07, 6.45) is 0. The Balaban J connectivity index is 2.81. The van der Waals surface area contributed by atoms with Gasteiger partial charge in [0.2, 0.25) is 10.0 Å². The minimum atomic E-state index is -3.44. The van der Waals surface area contributed by atoms with Gasteiger partial charge in [-0.25, -0.2) is 12.7 Å². The van der Waals surface area contributed by atoms with E-state index in [2.05, 4.69) is 5.32 Å². The SMILES string of the molecule is CCOCCNc1ccc(S(=O)(=O)N(C)C)cc1N. The van der Waals surface area contributed by atoms with E-state index in [0.717, 1.165) is 4.31 Å². The molecule has 1 aromatic carbocycles. The first kappa shape index (κ1) is 15.7. The molecule has 0 amide bonds. The van der Waals surface area contributed by atoms with Crippen LogP contribution in [0, 0.1) is 0 Å². The van der Waals surface area contributed by atoms with Gasteiger partial charge in [0.25, 0.3) is 0 Å². The standard InChI is InChI=1S/C12H21N3O3S/c1-4-18-8-7-14-12-6-5-10(9-11(12)13)19(16,17)15(2)3/h5-6,9,14H,4,7-8,13H2,1-3H3. The van der Waals surface area contributed by atoms with E-state index in [-0.39, 0.29) is 4.90 Å². The third kappa shape index (κ3) is 4.09. The molecule has 3 N–H and O–H groups in total. The Hall–Kier alpha value is -1.31. The number of ether oxygens (including phenoxy) is 1. The highest BCUT2D eigenvalue weighted by molar-refractivity contribution is 7.89. The Labute approximate surface area is 114 Å². The molecule has 0 aromatic heterocycles. The van der Waals surface area contributed by atoms with Gasteiger partial charge in [0.1, 0.15) is 0 Å². The third-order valence-corrected chi connectivity index (χ3v) is 4.38. The average Bonchev–Trinajstić information content (AvgIpc) is 2.35. The van der Waals surface area contributed by atoms with Crippen LogP contribution in [0.5, 0.6) is 0 Å². The Kier molecular flexibility index (Phi) is 5.59. The van der Waals surface area contributed by atoms with Gasteiger partial charge >= 0.3 is 0 Å². The topological polar surface area (TPSA) is 84.7 Å². The Bertz CT molecular complexity index is 515. The second kappa shape index (κ2) is 6.74. The minimum absolute atomic E-state index is 0.186. The summed E-state index contributed by atoms with van der Waals surface area (Å²) in [5.41, 5.74) is 6.95. The molecule has 0 atom stereocenters. The molecule has 0 saturated carbocycles. The molecule has 0 saturated heterocycles. The zero-order chi connectivity index (χ0) is 14.5. The van der Waals surface area contributed by atoms with Crippen molar-refractivity contribution < 1.29 is 13.2 Å². The molecule has 1 aromatic rings. The molecule has 1 rings (SSSR count). The van der Waals surface area contributed by atoms with Gasteiger partial charge in [-0.05, 0) is 25.1 Å². The Morgan fingerprint density at radius 3 is 2.58 bits per heavy atom. The number of rotatable bonds is 7. The van der Waals surface area contributed by atoms with Gasteiger partial charge in [-0.1, -0.05) is 0 Å². The molecular weight excluding hydrogens is 266 g/mol.